The fraction of sp³-hybridized carbons (Fsp3) is 0.438. The molecule has 0 amide bonds. The first-order valence-corrected chi connectivity index (χ1v) is 7.35. The van der Waals surface area contributed by atoms with Crippen LogP contribution in [0.1, 0.15) is 54.7 Å². The molecular weight excluding hydrogens is 269 g/mol. The van der Waals surface area contributed by atoms with Crippen LogP contribution in [0.25, 0.3) is 0 Å². The maximum atomic E-state index is 12.9. The van der Waals surface area contributed by atoms with E-state index < -0.39 is 0 Å². The van der Waals surface area contributed by atoms with E-state index in [1.165, 1.54) is 37.1 Å². The average Bonchev–Trinajstić information content (AvgIpc) is 2.97. The molecule has 0 spiro atoms. The predicted octanol–water partition coefficient (Wildman–Crippen LogP) is 3.40. The lowest BCUT2D eigenvalue weighted by Crippen LogP contribution is -2.18. The fourth-order valence-corrected chi connectivity index (χ4v) is 2.95. The summed E-state index contributed by atoms with van der Waals surface area (Å²) in [6.45, 7) is 2.24. The Morgan fingerprint density at radius 3 is 2.76 bits per heavy atom. The lowest BCUT2D eigenvalue weighted by atomic mass is 9.87. The van der Waals surface area contributed by atoms with E-state index in [-0.39, 0.29) is 11.6 Å². The number of hydrogen-bond acceptors (Lipinski definition) is 3. The van der Waals surface area contributed by atoms with Crippen LogP contribution in [0.4, 0.5) is 4.39 Å². The van der Waals surface area contributed by atoms with Gasteiger partial charge in [0.1, 0.15) is 5.82 Å². The molecule has 0 radical (unpaired) electrons. The van der Waals surface area contributed by atoms with Gasteiger partial charge in [-0.15, -0.1) is 5.10 Å². The number of carbonyl (C=O) groups excluding carboxylic acids is 1. The summed E-state index contributed by atoms with van der Waals surface area (Å²) in [6, 6.07) is 5.83. The maximum Gasteiger partial charge on any atom is 0.214 e. The largest absolute Gasteiger partial charge is 0.287 e. The lowest BCUT2D eigenvalue weighted by Gasteiger charge is -2.26. The highest BCUT2D eigenvalue weighted by Crippen LogP contribution is 2.31. The predicted molar refractivity (Wildman–Crippen MR) is 76.5 cm³/mol. The van der Waals surface area contributed by atoms with E-state index in [9.17, 15) is 9.18 Å². The summed E-state index contributed by atoms with van der Waals surface area (Å²) in [5, 5.41) is 8.10. The van der Waals surface area contributed by atoms with Crippen LogP contribution in [0.2, 0.25) is 0 Å². The van der Waals surface area contributed by atoms with Crippen LogP contribution in [-0.4, -0.2) is 20.8 Å². The number of halogens is 1. The number of nitrogens with zero attached hydrogens (tertiary/aromatic N) is 3. The molecular formula is C16H18FN3O. The van der Waals surface area contributed by atoms with Gasteiger partial charge in [-0.3, -0.25) is 4.79 Å². The zero-order chi connectivity index (χ0) is 14.8. The van der Waals surface area contributed by atoms with E-state index >= 15 is 0 Å². The van der Waals surface area contributed by atoms with Gasteiger partial charge in [0.2, 0.25) is 5.78 Å². The van der Waals surface area contributed by atoms with Gasteiger partial charge in [0.15, 0.2) is 5.69 Å². The summed E-state index contributed by atoms with van der Waals surface area (Å²) < 4.78 is 14.7. The van der Waals surface area contributed by atoms with Crippen molar-refractivity contribution in [3.05, 3.63) is 47.5 Å². The summed E-state index contributed by atoms with van der Waals surface area (Å²) in [7, 11) is 0. The number of ketones is 1. The Kier molecular flexibility index (Phi) is 3.82. The molecule has 2 unspecified atom stereocenters. The zero-order valence-electron chi connectivity index (χ0n) is 12.0. The summed E-state index contributed by atoms with van der Waals surface area (Å²) in [4.78, 5) is 12.3. The van der Waals surface area contributed by atoms with Crippen LogP contribution >= 0.6 is 0 Å². The zero-order valence-corrected chi connectivity index (χ0v) is 12.0. The molecule has 2 atom stereocenters. The smallest absolute Gasteiger partial charge is 0.214 e. The van der Waals surface area contributed by atoms with Gasteiger partial charge in [-0.2, -0.15) is 0 Å². The van der Waals surface area contributed by atoms with Crippen molar-refractivity contribution in [2.75, 3.05) is 0 Å². The first-order chi connectivity index (χ1) is 10.1. The Morgan fingerprint density at radius 1 is 1.29 bits per heavy atom. The number of aromatic nitrogens is 3. The molecule has 0 N–H and O–H groups in total. The molecule has 2 aromatic rings. The second-order valence-electron chi connectivity index (χ2n) is 5.85. The number of benzene rings is 1. The Bertz CT molecular complexity index is 635. The van der Waals surface area contributed by atoms with Gasteiger partial charge in [-0.25, -0.2) is 9.07 Å². The normalized spacial score (nSPS) is 22.2. The molecule has 4 nitrogen and oxygen atoms in total. The molecule has 0 bridgehead atoms. The summed E-state index contributed by atoms with van der Waals surface area (Å²) in [6.07, 6.45) is 6.32. The van der Waals surface area contributed by atoms with Gasteiger partial charge < -0.3 is 0 Å². The third-order valence-electron chi connectivity index (χ3n) is 4.13. The number of carbonyl (C=O) groups is 1. The maximum absolute atomic E-state index is 12.9. The molecule has 5 heteroatoms. The van der Waals surface area contributed by atoms with E-state index in [0.29, 0.717) is 23.2 Å². The van der Waals surface area contributed by atoms with Crippen LogP contribution in [0.3, 0.4) is 0 Å². The highest BCUT2D eigenvalue weighted by atomic mass is 19.1. The minimum Gasteiger partial charge on any atom is -0.287 e. The first-order valence-electron chi connectivity index (χ1n) is 7.35. The molecule has 110 valence electrons. The van der Waals surface area contributed by atoms with E-state index in [0.717, 1.165) is 12.8 Å². The van der Waals surface area contributed by atoms with Crippen molar-refractivity contribution in [3.63, 3.8) is 0 Å². The van der Waals surface area contributed by atoms with Crippen molar-refractivity contribution in [2.24, 2.45) is 5.92 Å². The third kappa shape index (κ3) is 3.01. The second-order valence-corrected chi connectivity index (χ2v) is 5.85. The Balaban J connectivity index is 1.78. The van der Waals surface area contributed by atoms with Crippen LogP contribution in [0.5, 0.6) is 0 Å². The van der Waals surface area contributed by atoms with Gasteiger partial charge in [0, 0.05) is 5.56 Å². The lowest BCUT2D eigenvalue weighted by molar-refractivity contribution is 0.103. The molecule has 1 heterocycles. The fourth-order valence-electron chi connectivity index (χ4n) is 2.95. The minimum absolute atomic E-state index is 0.217. The van der Waals surface area contributed by atoms with Gasteiger partial charge in [-0.1, -0.05) is 25.0 Å². The molecule has 1 saturated carbocycles. The number of rotatable bonds is 3. The van der Waals surface area contributed by atoms with Crippen LogP contribution in [0, 0.1) is 11.7 Å². The molecule has 3 rings (SSSR count). The van der Waals surface area contributed by atoms with Crippen molar-refractivity contribution in [3.8, 4) is 0 Å². The molecule has 21 heavy (non-hydrogen) atoms. The summed E-state index contributed by atoms with van der Waals surface area (Å²) in [5.41, 5.74) is 0.750. The quantitative estimate of drug-likeness (QED) is 0.813. The Morgan fingerprint density at radius 2 is 2.05 bits per heavy atom. The van der Waals surface area contributed by atoms with Crippen molar-refractivity contribution >= 4 is 5.78 Å². The molecule has 1 aliphatic carbocycles. The molecule has 1 aromatic carbocycles. The highest BCUT2D eigenvalue weighted by molar-refractivity contribution is 6.07. The standard InChI is InChI=1S/C16H18FN3O/c1-11-3-2-4-14(9-11)20-10-15(18-19-20)16(21)12-5-7-13(17)8-6-12/h5-8,10-11,14H,2-4,9H2,1H3. The van der Waals surface area contributed by atoms with Gasteiger partial charge >= 0.3 is 0 Å². The highest BCUT2D eigenvalue weighted by Gasteiger charge is 2.22. The number of hydrogen-bond donors (Lipinski definition) is 0. The van der Waals surface area contributed by atoms with Crippen LogP contribution < -0.4 is 0 Å². The third-order valence-corrected chi connectivity index (χ3v) is 4.13. The van der Waals surface area contributed by atoms with Crippen LogP contribution in [0.15, 0.2) is 30.5 Å². The van der Waals surface area contributed by atoms with Crippen LogP contribution in [-0.2, 0) is 0 Å². The van der Waals surface area contributed by atoms with E-state index in [4.69, 9.17) is 0 Å². The van der Waals surface area contributed by atoms with Crippen molar-refractivity contribution in [2.45, 2.75) is 38.6 Å². The second kappa shape index (κ2) is 5.76. The summed E-state index contributed by atoms with van der Waals surface area (Å²) >= 11 is 0. The van der Waals surface area contributed by atoms with Crippen molar-refractivity contribution in [1.82, 2.24) is 15.0 Å². The summed E-state index contributed by atoms with van der Waals surface area (Å²) in [5.74, 6) is 0.112. The topological polar surface area (TPSA) is 47.8 Å². The molecule has 0 aliphatic heterocycles. The van der Waals surface area contributed by atoms with Gasteiger partial charge in [0.25, 0.3) is 0 Å². The van der Waals surface area contributed by atoms with E-state index in [1.807, 2.05) is 4.68 Å². The monoisotopic (exact) mass is 287 g/mol. The molecule has 1 aromatic heterocycles. The Labute approximate surface area is 123 Å². The van der Waals surface area contributed by atoms with E-state index in [1.54, 1.807) is 6.20 Å². The van der Waals surface area contributed by atoms with Gasteiger partial charge in [0.05, 0.1) is 12.2 Å². The molecule has 1 fully saturated rings. The van der Waals surface area contributed by atoms with E-state index in [2.05, 4.69) is 17.2 Å². The SMILES string of the molecule is CC1CCCC(n2cc(C(=O)c3ccc(F)cc3)nn2)C1. The average molecular weight is 287 g/mol. The van der Waals surface area contributed by atoms with Gasteiger partial charge in [-0.05, 0) is 43.0 Å². The Hall–Kier alpha value is -2.04. The molecule has 0 saturated heterocycles. The van der Waals surface area contributed by atoms with Crippen molar-refractivity contribution in [1.29, 1.82) is 0 Å². The minimum atomic E-state index is -0.355. The van der Waals surface area contributed by atoms with Crippen molar-refractivity contribution < 1.29 is 9.18 Å². The first kappa shape index (κ1) is 13.9. The molecule has 1 aliphatic rings.